The van der Waals surface area contributed by atoms with Crippen molar-refractivity contribution in [1.29, 1.82) is 0 Å². The highest BCUT2D eigenvalue weighted by Gasteiger charge is 2.66. The number of fused-ring (bicyclic) bond motifs is 9. The van der Waals surface area contributed by atoms with Crippen LogP contribution in [0.15, 0.2) is 29.2 Å². The summed E-state index contributed by atoms with van der Waals surface area (Å²) in [7, 11) is 1.31. The van der Waals surface area contributed by atoms with Crippen molar-refractivity contribution in [3.8, 4) is 5.75 Å². The van der Waals surface area contributed by atoms with Crippen LogP contribution < -0.4 is 15.5 Å². The number of nitrogens with zero attached hydrogens (tertiary/aromatic N) is 2. The van der Waals surface area contributed by atoms with E-state index in [1.807, 2.05) is 4.90 Å². The van der Waals surface area contributed by atoms with E-state index in [1.54, 1.807) is 4.57 Å². The number of nitrogens with one attached hydrogen (secondary N) is 1. The number of benzene rings is 1. The minimum absolute atomic E-state index is 0.0696. The first-order valence-electron chi connectivity index (χ1n) is 10.7. The van der Waals surface area contributed by atoms with Crippen LogP contribution in [0.5, 0.6) is 5.75 Å². The maximum Gasteiger partial charge on any atom is 0.275 e. The average molecular weight is 441 g/mol. The van der Waals surface area contributed by atoms with Gasteiger partial charge < -0.3 is 19.5 Å². The van der Waals surface area contributed by atoms with Crippen molar-refractivity contribution in [2.24, 2.45) is 17.8 Å². The van der Waals surface area contributed by atoms with E-state index in [-0.39, 0.29) is 47.1 Å². The predicted molar refractivity (Wildman–Crippen MR) is 108 cm³/mol. The molecular weight excluding hydrogens is 420 g/mol. The lowest BCUT2D eigenvalue weighted by molar-refractivity contribution is 0.0465. The Morgan fingerprint density at radius 3 is 2.69 bits per heavy atom. The van der Waals surface area contributed by atoms with Crippen molar-refractivity contribution < 1.29 is 23.1 Å². The van der Waals surface area contributed by atoms with Crippen LogP contribution in [-0.4, -0.2) is 40.5 Å². The van der Waals surface area contributed by atoms with E-state index < -0.39 is 23.0 Å². The van der Waals surface area contributed by atoms with E-state index in [4.69, 9.17) is 4.74 Å². The van der Waals surface area contributed by atoms with E-state index in [0.717, 1.165) is 25.0 Å². The van der Waals surface area contributed by atoms with Gasteiger partial charge in [0.15, 0.2) is 11.4 Å². The number of hydrogen-bond acceptors (Lipinski definition) is 4. The predicted octanol–water partition coefficient (Wildman–Crippen LogP) is 1.93. The molecule has 9 heteroatoms. The molecule has 2 aliphatic heterocycles. The van der Waals surface area contributed by atoms with Crippen molar-refractivity contribution >= 4 is 11.8 Å². The zero-order valence-electron chi connectivity index (χ0n) is 17.3. The molecule has 1 saturated heterocycles. The Labute approximate surface area is 182 Å². The first-order valence-corrected chi connectivity index (χ1v) is 10.7. The van der Waals surface area contributed by atoms with Gasteiger partial charge in [-0.1, -0.05) is 6.07 Å². The number of methoxy groups -OCH3 is 1. The Morgan fingerprint density at radius 1 is 1.16 bits per heavy atom. The first-order chi connectivity index (χ1) is 15.4. The van der Waals surface area contributed by atoms with Crippen LogP contribution in [0.2, 0.25) is 0 Å². The number of carbonyl (C=O) groups is 2. The number of aromatic nitrogens is 1. The van der Waals surface area contributed by atoms with Crippen molar-refractivity contribution in [1.82, 2.24) is 14.8 Å². The number of carbonyl (C=O) groups excluding carboxylic acids is 2. The largest absolute Gasteiger partial charge is 0.491 e. The molecule has 0 spiro atoms. The van der Waals surface area contributed by atoms with Crippen LogP contribution in [0.25, 0.3) is 0 Å². The zero-order chi connectivity index (χ0) is 22.3. The standard InChI is InChI=1S/C23H21F2N3O4/c1-32-21-19-23(31)28-17-6-14(12-5-13(12)17)18(28)9-27(19)8-15(20(21)29)22(30)26-7-10-2-3-11(24)4-16(10)25/h2-4,8,12-14,17-18H,5-7,9H2,1H3,(H,26,30). The number of halogens is 2. The molecule has 166 valence electrons. The van der Waals surface area contributed by atoms with E-state index in [1.165, 1.54) is 19.4 Å². The Bertz CT molecular complexity index is 1240. The molecule has 3 fully saturated rings. The van der Waals surface area contributed by atoms with Crippen molar-refractivity contribution in [3.63, 3.8) is 0 Å². The number of piperidine rings is 1. The van der Waals surface area contributed by atoms with E-state index in [9.17, 15) is 23.2 Å². The maximum absolute atomic E-state index is 13.9. The minimum Gasteiger partial charge on any atom is -0.491 e. The number of ether oxygens (including phenoxy) is 1. The van der Waals surface area contributed by atoms with Gasteiger partial charge in [-0.2, -0.15) is 0 Å². The van der Waals surface area contributed by atoms with Gasteiger partial charge in [-0.15, -0.1) is 0 Å². The third-order valence-electron chi connectivity index (χ3n) is 7.62. The molecule has 4 aliphatic rings. The topological polar surface area (TPSA) is 80.6 Å². The summed E-state index contributed by atoms with van der Waals surface area (Å²) in [6, 6.07) is 3.37. The SMILES string of the molecule is COc1c2n(cc(C(=O)NCc3ccc(F)cc3F)c1=O)CC1C3CC(C4CC43)N1C2=O. The molecule has 2 saturated carbocycles. The normalized spacial score (nSPS) is 28.8. The summed E-state index contributed by atoms with van der Waals surface area (Å²) in [6.45, 7) is 0.297. The summed E-state index contributed by atoms with van der Waals surface area (Å²) >= 11 is 0. The Balaban J connectivity index is 1.32. The Morgan fingerprint density at radius 2 is 1.94 bits per heavy atom. The second-order valence-corrected chi connectivity index (χ2v) is 9.13. The summed E-state index contributed by atoms with van der Waals surface area (Å²) in [5.74, 6) is -0.842. The molecule has 1 aromatic heterocycles. The average Bonchev–Trinajstić information content (AvgIpc) is 3.38. The molecule has 2 aromatic rings. The molecule has 2 bridgehead atoms. The smallest absolute Gasteiger partial charge is 0.275 e. The van der Waals surface area contributed by atoms with E-state index in [2.05, 4.69) is 5.32 Å². The summed E-state index contributed by atoms with van der Waals surface area (Å²) in [5.41, 5.74) is -0.589. The summed E-state index contributed by atoms with van der Waals surface area (Å²) in [6.07, 6.45) is 3.57. The fraction of sp³-hybridized carbons (Fsp3) is 0.435. The van der Waals surface area contributed by atoms with Crippen LogP contribution in [0.1, 0.15) is 39.3 Å². The molecule has 2 amide bonds. The number of amides is 2. The second kappa shape index (κ2) is 6.63. The molecule has 1 N–H and O–H groups in total. The number of pyridine rings is 1. The van der Waals surface area contributed by atoms with Gasteiger partial charge in [0.25, 0.3) is 11.8 Å². The van der Waals surface area contributed by atoms with E-state index in [0.29, 0.717) is 24.3 Å². The molecule has 6 rings (SSSR count). The quantitative estimate of drug-likeness (QED) is 0.786. The highest BCUT2D eigenvalue weighted by molar-refractivity contribution is 5.99. The third kappa shape index (κ3) is 2.59. The molecule has 5 unspecified atom stereocenters. The van der Waals surface area contributed by atoms with Crippen molar-refractivity contribution in [3.05, 3.63) is 63.1 Å². The fourth-order valence-electron chi connectivity index (χ4n) is 6.15. The lowest BCUT2D eigenvalue weighted by atomic mass is 9.94. The summed E-state index contributed by atoms with van der Waals surface area (Å²) in [5, 5.41) is 2.51. The fourth-order valence-corrected chi connectivity index (χ4v) is 6.15. The lowest BCUT2D eigenvalue weighted by Gasteiger charge is -2.40. The minimum atomic E-state index is -0.787. The molecule has 3 heterocycles. The highest BCUT2D eigenvalue weighted by Crippen LogP contribution is 2.64. The second-order valence-electron chi connectivity index (χ2n) is 9.13. The highest BCUT2D eigenvalue weighted by atomic mass is 19.1. The molecular formula is C23H21F2N3O4. The van der Waals surface area contributed by atoms with Crippen LogP contribution >= 0.6 is 0 Å². The van der Waals surface area contributed by atoms with Gasteiger partial charge in [-0.25, -0.2) is 8.78 Å². The third-order valence-corrected chi connectivity index (χ3v) is 7.62. The Kier molecular flexibility index (Phi) is 4.03. The summed E-state index contributed by atoms with van der Waals surface area (Å²) < 4.78 is 33.9. The van der Waals surface area contributed by atoms with Crippen LogP contribution in [0.3, 0.4) is 0 Å². The van der Waals surface area contributed by atoms with Gasteiger partial charge in [0, 0.05) is 37.0 Å². The monoisotopic (exact) mass is 441 g/mol. The lowest BCUT2D eigenvalue weighted by Crippen LogP contribution is -2.53. The molecule has 2 aliphatic carbocycles. The number of rotatable bonds is 4. The zero-order valence-corrected chi connectivity index (χ0v) is 17.3. The maximum atomic E-state index is 13.9. The van der Waals surface area contributed by atoms with Crippen LogP contribution in [0.4, 0.5) is 8.78 Å². The molecule has 1 aromatic carbocycles. The Hall–Kier alpha value is -3.23. The van der Waals surface area contributed by atoms with Gasteiger partial charge in [-0.3, -0.25) is 14.4 Å². The molecule has 32 heavy (non-hydrogen) atoms. The van der Waals surface area contributed by atoms with Gasteiger partial charge >= 0.3 is 0 Å². The molecule has 5 atom stereocenters. The van der Waals surface area contributed by atoms with Crippen molar-refractivity contribution in [2.75, 3.05) is 7.11 Å². The molecule has 7 nitrogen and oxygen atoms in total. The first kappa shape index (κ1) is 19.5. The van der Waals surface area contributed by atoms with Gasteiger partial charge in [0.05, 0.1) is 13.2 Å². The molecule has 0 radical (unpaired) electrons. The van der Waals surface area contributed by atoms with E-state index >= 15 is 0 Å². The van der Waals surface area contributed by atoms with Crippen molar-refractivity contribution in [2.45, 2.75) is 38.0 Å². The summed E-state index contributed by atoms with van der Waals surface area (Å²) in [4.78, 5) is 41.1. The van der Waals surface area contributed by atoms with Crippen LogP contribution in [-0.2, 0) is 13.1 Å². The van der Waals surface area contributed by atoms with Crippen LogP contribution in [0, 0.1) is 29.4 Å². The van der Waals surface area contributed by atoms with Gasteiger partial charge in [-0.05, 0) is 36.7 Å². The van der Waals surface area contributed by atoms with Gasteiger partial charge in [0.2, 0.25) is 5.43 Å². The number of hydrogen-bond donors (Lipinski definition) is 1. The van der Waals surface area contributed by atoms with Gasteiger partial charge in [0.1, 0.15) is 17.2 Å².